The number of ether oxygens (including phenoxy) is 1. The molecule has 2 amide bonds. The zero-order valence-electron chi connectivity index (χ0n) is 18.9. The first-order valence-electron chi connectivity index (χ1n) is 10.9. The summed E-state index contributed by atoms with van der Waals surface area (Å²) in [6, 6.07) is 4.94. The first-order chi connectivity index (χ1) is 17.4. The molecule has 0 bridgehead atoms. The standard InChI is InChI=1S/C23H18F2N9O2/c1-31-21(15(7-26)8-29-31)19-3-2-18(25)22(30-19)36-17-11-33(12-17)23(35)34-20(4-5-28-34)14-6-16(24)10-32(9-14)13-27/h2-3,5-6,8-10,17,20H,4,11-12H2,1H3/q+1/t20-/m0/s1. The highest BCUT2D eigenvalue weighted by Crippen LogP contribution is 2.31. The van der Waals surface area contributed by atoms with Crippen LogP contribution in [0.15, 0.2) is 41.9 Å². The van der Waals surface area contributed by atoms with Crippen LogP contribution in [0.5, 0.6) is 5.88 Å². The molecule has 11 nitrogen and oxygen atoms in total. The molecule has 0 saturated carbocycles. The number of nitriles is 2. The van der Waals surface area contributed by atoms with Crippen LogP contribution < -0.4 is 9.30 Å². The minimum atomic E-state index is -0.676. The van der Waals surface area contributed by atoms with E-state index in [-0.39, 0.29) is 19.0 Å². The normalized spacial score (nSPS) is 17.0. The smallest absolute Gasteiger partial charge is 0.464 e. The molecule has 1 saturated heterocycles. The summed E-state index contributed by atoms with van der Waals surface area (Å²) in [4.78, 5) is 18.7. The summed E-state index contributed by atoms with van der Waals surface area (Å²) in [6.45, 7) is 0.332. The summed E-state index contributed by atoms with van der Waals surface area (Å²) in [5.41, 5.74) is 1.49. The summed E-state index contributed by atoms with van der Waals surface area (Å²) in [5, 5.41) is 27.8. The number of pyridine rings is 2. The number of aromatic nitrogens is 4. The lowest BCUT2D eigenvalue weighted by Gasteiger charge is -2.40. The molecular weight excluding hydrogens is 472 g/mol. The molecule has 13 heteroatoms. The number of rotatable bonds is 4. The zero-order chi connectivity index (χ0) is 25.4. The molecule has 5 rings (SSSR count). The van der Waals surface area contributed by atoms with Crippen LogP contribution >= 0.6 is 0 Å². The predicted octanol–water partition coefficient (Wildman–Crippen LogP) is 1.86. The van der Waals surface area contributed by atoms with E-state index in [0.29, 0.717) is 28.9 Å². The average Bonchev–Trinajstić information content (AvgIpc) is 3.48. The number of hydrazone groups is 1. The third-order valence-electron chi connectivity index (χ3n) is 5.89. The van der Waals surface area contributed by atoms with Crippen molar-refractivity contribution in [2.75, 3.05) is 13.1 Å². The third-order valence-corrected chi connectivity index (χ3v) is 5.89. The molecule has 1 atom stereocenters. The second-order valence-electron chi connectivity index (χ2n) is 8.24. The lowest BCUT2D eigenvalue weighted by Crippen LogP contribution is -2.59. The van der Waals surface area contributed by atoms with Crippen LogP contribution in [0, 0.1) is 34.4 Å². The zero-order valence-corrected chi connectivity index (χ0v) is 18.9. The van der Waals surface area contributed by atoms with E-state index in [1.807, 2.05) is 12.3 Å². The summed E-state index contributed by atoms with van der Waals surface area (Å²) < 4.78 is 36.5. The van der Waals surface area contributed by atoms with Gasteiger partial charge in [0.1, 0.15) is 30.3 Å². The van der Waals surface area contributed by atoms with Crippen molar-refractivity contribution < 1.29 is 22.9 Å². The molecule has 3 aromatic heterocycles. The fourth-order valence-electron chi connectivity index (χ4n) is 4.11. The van der Waals surface area contributed by atoms with Gasteiger partial charge in [0.25, 0.3) is 5.88 Å². The van der Waals surface area contributed by atoms with Crippen molar-refractivity contribution in [3.8, 4) is 29.5 Å². The Kier molecular flexibility index (Phi) is 5.74. The van der Waals surface area contributed by atoms with Crippen LogP contribution in [0.4, 0.5) is 13.6 Å². The molecule has 36 heavy (non-hydrogen) atoms. The van der Waals surface area contributed by atoms with Gasteiger partial charge < -0.3 is 9.64 Å². The Morgan fingerprint density at radius 3 is 2.81 bits per heavy atom. The van der Waals surface area contributed by atoms with Gasteiger partial charge in [0.05, 0.1) is 36.6 Å². The number of likely N-dealkylation sites (tertiary alicyclic amines) is 1. The Labute approximate surface area is 203 Å². The van der Waals surface area contributed by atoms with Gasteiger partial charge in [0.2, 0.25) is 0 Å². The van der Waals surface area contributed by atoms with E-state index in [4.69, 9.17) is 10.00 Å². The fraction of sp³-hybridized carbons (Fsp3) is 0.261. The molecule has 180 valence electrons. The van der Waals surface area contributed by atoms with E-state index in [2.05, 4.69) is 15.2 Å². The molecule has 2 aliphatic rings. The van der Waals surface area contributed by atoms with Crippen molar-refractivity contribution in [2.24, 2.45) is 12.1 Å². The van der Waals surface area contributed by atoms with Gasteiger partial charge in [-0.25, -0.2) is 23.6 Å². The van der Waals surface area contributed by atoms with Crippen molar-refractivity contribution in [1.82, 2.24) is 24.7 Å². The molecule has 0 unspecified atom stereocenters. The molecule has 3 aromatic rings. The van der Waals surface area contributed by atoms with Gasteiger partial charge in [0, 0.05) is 25.2 Å². The summed E-state index contributed by atoms with van der Waals surface area (Å²) >= 11 is 0. The lowest BCUT2D eigenvalue weighted by molar-refractivity contribution is -0.588. The van der Waals surface area contributed by atoms with Gasteiger partial charge in [-0.2, -0.15) is 15.5 Å². The highest BCUT2D eigenvalue weighted by atomic mass is 19.1. The molecule has 2 aliphatic heterocycles. The van der Waals surface area contributed by atoms with Crippen LogP contribution in [-0.4, -0.2) is 56.1 Å². The first-order valence-corrected chi connectivity index (χ1v) is 10.9. The van der Waals surface area contributed by atoms with E-state index >= 15 is 0 Å². The topological polar surface area (TPSA) is 127 Å². The largest absolute Gasteiger partial charge is 0.468 e. The number of urea groups is 1. The van der Waals surface area contributed by atoms with Crippen molar-refractivity contribution in [2.45, 2.75) is 18.6 Å². The summed E-state index contributed by atoms with van der Waals surface area (Å²) in [7, 11) is 1.65. The van der Waals surface area contributed by atoms with E-state index in [1.54, 1.807) is 13.3 Å². The Morgan fingerprint density at radius 1 is 1.25 bits per heavy atom. The van der Waals surface area contributed by atoms with Crippen molar-refractivity contribution in [3.05, 3.63) is 59.6 Å². The maximum absolute atomic E-state index is 14.4. The van der Waals surface area contributed by atoms with Crippen LogP contribution in [-0.2, 0) is 7.05 Å². The minimum Gasteiger partial charge on any atom is -0.468 e. The van der Waals surface area contributed by atoms with Crippen LogP contribution in [0.2, 0.25) is 0 Å². The molecular formula is C23H18F2N9O2+. The summed E-state index contributed by atoms with van der Waals surface area (Å²) in [5.74, 6) is -1.52. The van der Waals surface area contributed by atoms with E-state index in [1.165, 1.54) is 45.2 Å². The van der Waals surface area contributed by atoms with Crippen LogP contribution in [0.1, 0.15) is 23.6 Å². The van der Waals surface area contributed by atoms with Gasteiger partial charge in [-0.05, 0) is 18.2 Å². The van der Waals surface area contributed by atoms with Crippen molar-refractivity contribution >= 4 is 12.2 Å². The second kappa shape index (κ2) is 9.03. The number of carbonyl (C=O) groups excluding carboxylic acids is 1. The van der Waals surface area contributed by atoms with Crippen molar-refractivity contribution in [1.29, 1.82) is 10.5 Å². The van der Waals surface area contributed by atoms with Crippen LogP contribution in [0.25, 0.3) is 11.4 Å². The van der Waals surface area contributed by atoms with Gasteiger partial charge >= 0.3 is 12.2 Å². The Hall–Kier alpha value is -4.91. The quantitative estimate of drug-likeness (QED) is 0.514. The van der Waals surface area contributed by atoms with E-state index in [9.17, 15) is 18.8 Å². The molecule has 0 spiro atoms. The van der Waals surface area contributed by atoms with Gasteiger partial charge in [0.15, 0.2) is 16.9 Å². The fourth-order valence-corrected chi connectivity index (χ4v) is 4.11. The van der Waals surface area contributed by atoms with E-state index < -0.39 is 29.8 Å². The maximum Gasteiger partial charge on any atom is 0.464 e. The molecule has 5 heterocycles. The summed E-state index contributed by atoms with van der Waals surface area (Å²) in [6.07, 6.45) is 7.13. The number of aryl methyl sites for hydroxylation is 1. The van der Waals surface area contributed by atoms with Crippen molar-refractivity contribution in [3.63, 3.8) is 0 Å². The van der Waals surface area contributed by atoms with E-state index in [0.717, 1.165) is 10.8 Å². The Balaban J connectivity index is 1.26. The highest BCUT2D eigenvalue weighted by Gasteiger charge is 2.39. The average molecular weight is 490 g/mol. The predicted molar refractivity (Wildman–Crippen MR) is 118 cm³/mol. The van der Waals surface area contributed by atoms with Crippen LogP contribution in [0.3, 0.4) is 0 Å². The maximum atomic E-state index is 14.4. The molecule has 0 radical (unpaired) electrons. The first kappa shape index (κ1) is 22.9. The minimum absolute atomic E-state index is 0.166. The van der Waals surface area contributed by atoms with Gasteiger partial charge in [-0.3, -0.25) is 4.68 Å². The SMILES string of the molecule is Cn1ncc(C#N)c1-c1ccc(F)c(OC2CN(C(=O)N3N=CC[C@H]3c3cc(F)c[n+](C#N)c3)C2)n1. The molecule has 0 N–H and O–H groups in total. The Morgan fingerprint density at radius 2 is 2.06 bits per heavy atom. The van der Waals surface area contributed by atoms with Gasteiger partial charge in [-0.1, -0.05) is 0 Å². The molecule has 1 fully saturated rings. The third kappa shape index (κ3) is 4.07. The van der Waals surface area contributed by atoms with Gasteiger partial charge in [-0.15, -0.1) is 4.57 Å². The second-order valence-corrected chi connectivity index (χ2v) is 8.24. The highest BCUT2D eigenvalue weighted by molar-refractivity contribution is 5.79. The number of hydrogen-bond donors (Lipinski definition) is 0. The monoisotopic (exact) mass is 490 g/mol. The molecule has 0 aromatic carbocycles. The molecule has 0 aliphatic carbocycles. The number of nitrogens with zero attached hydrogens (tertiary/aromatic N) is 9. The lowest BCUT2D eigenvalue weighted by atomic mass is 10.1. The number of carbonyl (C=O) groups is 1. The number of hydrogen-bond acceptors (Lipinski definition) is 7. The number of halogens is 2. The Bertz CT molecular complexity index is 1470. The number of amides is 2.